The standard InChI is InChI=1S/C18H23N3O2/c1-23-15-6-4-14(5-7-15)13-20-17-16(3-2-10-19-17)18(8-9-18)21-11-12-22/h2-7,10,21-22H,8-9,11-13H2,1H3,(H,19,20). The first-order chi connectivity index (χ1) is 11.3. The molecule has 0 aliphatic heterocycles. The number of ether oxygens (including phenoxy) is 1. The van der Waals surface area contributed by atoms with Crippen LogP contribution in [0, 0.1) is 0 Å². The predicted molar refractivity (Wildman–Crippen MR) is 90.6 cm³/mol. The molecule has 23 heavy (non-hydrogen) atoms. The molecule has 122 valence electrons. The molecule has 2 aromatic rings. The first-order valence-corrected chi connectivity index (χ1v) is 7.95. The Bertz CT molecular complexity index is 639. The van der Waals surface area contributed by atoms with Gasteiger partial charge in [-0.3, -0.25) is 0 Å². The van der Waals surface area contributed by atoms with Crippen LogP contribution in [0.15, 0.2) is 42.6 Å². The van der Waals surface area contributed by atoms with E-state index in [1.165, 1.54) is 11.1 Å². The molecule has 0 saturated heterocycles. The van der Waals surface area contributed by atoms with E-state index >= 15 is 0 Å². The molecule has 3 rings (SSSR count). The van der Waals surface area contributed by atoms with Crippen LogP contribution >= 0.6 is 0 Å². The van der Waals surface area contributed by atoms with Gasteiger partial charge in [0.25, 0.3) is 0 Å². The van der Waals surface area contributed by atoms with Crippen molar-refractivity contribution in [3.05, 3.63) is 53.7 Å². The highest BCUT2D eigenvalue weighted by Gasteiger charge is 2.45. The van der Waals surface area contributed by atoms with Gasteiger partial charge in [-0.15, -0.1) is 0 Å². The quantitative estimate of drug-likeness (QED) is 0.698. The van der Waals surface area contributed by atoms with Crippen molar-refractivity contribution < 1.29 is 9.84 Å². The average molecular weight is 313 g/mol. The van der Waals surface area contributed by atoms with Crippen molar-refractivity contribution in [2.75, 3.05) is 25.6 Å². The van der Waals surface area contributed by atoms with E-state index in [-0.39, 0.29) is 12.1 Å². The maximum absolute atomic E-state index is 9.06. The molecule has 1 aromatic heterocycles. The predicted octanol–water partition coefficient (Wildman–Crippen LogP) is 2.27. The molecule has 1 aromatic carbocycles. The Hall–Kier alpha value is -2.11. The third-order valence-electron chi connectivity index (χ3n) is 4.27. The Morgan fingerprint density at radius 1 is 1.22 bits per heavy atom. The molecule has 5 heteroatoms. The number of nitrogens with one attached hydrogen (secondary N) is 2. The summed E-state index contributed by atoms with van der Waals surface area (Å²) in [6, 6.07) is 12.1. The Morgan fingerprint density at radius 3 is 2.65 bits per heavy atom. The fourth-order valence-electron chi connectivity index (χ4n) is 2.82. The van der Waals surface area contributed by atoms with E-state index in [0.717, 1.165) is 24.4 Å². The van der Waals surface area contributed by atoms with Crippen LogP contribution in [0.4, 0.5) is 5.82 Å². The van der Waals surface area contributed by atoms with Gasteiger partial charge in [-0.25, -0.2) is 4.98 Å². The van der Waals surface area contributed by atoms with Crippen molar-refractivity contribution in [1.82, 2.24) is 10.3 Å². The lowest BCUT2D eigenvalue weighted by atomic mass is 10.1. The lowest BCUT2D eigenvalue weighted by Crippen LogP contribution is -2.32. The van der Waals surface area contributed by atoms with Crippen molar-refractivity contribution in [2.24, 2.45) is 0 Å². The van der Waals surface area contributed by atoms with E-state index in [0.29, 0.717) is 13.1 Å². The molecule has 1 heterocycles. The minimum atomic E-state index is -0.0285. The third kappa shape index (κ3) is 3.63. The number of rotatable bonds is 8. The van der Waals surface area contributed by atoms with Crippen LogP contribution < -0.4 is 15.4 Å². The van der Waals surface area contributed by atoms with Gasteiger partial charge >= 0.3 is 0 Å². The number of aliphatic hydroxyl groups excluding tert-OH is 1. The van der Waals surface area contributed by atoms with E-state index in [9.17, 15) is 0 Å². The smallest absolute Gasteiger partial charge is 0.131 e. The summed E-state index contributed by atoms with van der Waals surface area (Å²) in [5.41, 5.74) is 2.33. The van der Waals surface area contributed by atoms with Gasteiger partial charge in [0.1, 0.15) is 11.6 Å². The SMILES string of the molecule is COc1ccc(CNc2ncccc2C2(NCCO)CC2)cc1. The zero-order valence-corrected chi connectivity index (χ0v) is 13.4. The summed E-state index contributed by atoms with van der Waals surface area (Å²) >= 11 is 0. The van der Waals surface area contributed by atoms with Crippen LogP contribution in [-0.4, -0.2) is 30.4 Å². The second-order valence-electron chi connectivity index (χ2n) is 5.83. The Balaban J connectivity index is 1.70. The number of methoxy groups -OCH3 is 1. The van der Waals surface area contributed by atoms with Gasteiger partial charge in [-0.1, -0.05) is 18.2 Å². The van der Waals surface area contributed by atoms with Gasteiger partial charge in [-0.2, -0.15) is 0 Å². The second kappa shape index (κ2) is 6.98. The molecular weight excluding hydrogens is 290 g/mol. The molecule has 1 saturated carbocycles. The number of aliphatic hydroxyl groups is 1. The Morgan fingerprint density at radius 2 is 2.00 bits per heavy atom. The summed E-state index contributed by atoms with van der Waals surface area (Å²) < 4.78 is 5.18. The fraction of sp³-hybridized carbons (Fsp3) is 0.389. The summed E-state index contributed by atoms with van der Waals surface area (Å²) in [6.45, 7) is 1.47. The summed E-state index contributed by atoms with van der Waals surface area (Å²) in [4.78, 5) is 4.50. The van der Waals surface area contributed by atoms with Crippen LogP contribution in [0.1, 0.15) is 24.0 Å². The molecular formula is C18H23N3O2. The molecule has 3 N–H and O–H groups in total. The Labute approximate surface area is 136 Å². The van der Waals surface area contributed by atoms with Crippen molar-refractivity contribution in [3.8, 4) is 5.75 Å². The topological polar surface area (TPSA) is 66.4 Å². The van der Waals surface area contributed by atoms with Crippen molar-refractivity contribution >= 4 is 5.82 Å². The van der Waals surface area contributed by atoms with Crippen molar-refractivity contribution in [1.29, 1.82) is 0 Å². The molecule has 0 spiro atoms. The molecule has 1 aliphatic rings. The first-order valence-electron chi connectivity index (χ1n) is 7.95. The zero-order chi connectivity index (χ0) is 16.1. The zero-order valence-electron chi connectivity index (χ0n) is 13.4. The summed E-state index contributed by atoms with van der Waals surface area (Å²) in [5, 5.41) is 15.9. The molecule has 0 radical (unpaired) electrons. The average Bonchev–Trinajstić information content (AvgIpc) is 3.40. The van der Waals surface area contributed by atoms with Gasteiger partial charge in [0.2, 0.25) is 0 Å². The number of anilines is 1. The second-order valence-corrected chi connectivity index (χ2v) is 5.83. The highest BCUT2D eigenvalue weighted by Crippen LogP contribution is 2.47. The number of aromatic nitrogens is 1. The molecule has 5 nitrogen and oxygen atoms in total. The summed E-state index contributed by atoms with van der Waals surface area (Å²) in [7, 11) is 1.67. The number of pyridine rings is 1. The number of nitrogens with zero attached hydrogens (tertiary/aromatic N) is 1. The molecule has 0 bridgehead atoms. The third-order valence-corrected chi connectivity index (χ3v) is 4.27. The summed E-state index contributed by atoms with van der Waals surface area (Å²) in [5.74, 6) is 1.77. The molecule has 0 atom stereocenters. The molecule has 1 aliphatic carbocycles. The monoisotopic (exact) mass is 313 g/mol. The maximum atomic E-state index is 9.06. The minimum absolute atomic E-state index is 0.0285. The number of benzene rings is 1. The van der Waals surface area contributed by atoms with Crippen LogP contribution in [0.3, 0.4) is 0 Å². The van der Waals surface area contributed by atoms with Crippen LogP contribution in [0.5, 0.6) is 5.75 Å². The van der Waals surface area contributed by atoms with Crippen molar-refractivity contribution in [2.45, 2.75) is 24.9 Å². The Kier molecular flexibility index (Phi) is 4.79. The molecule has 0 unspecified atom stereocenters. The highest BCUT2D eigenvalue weighted by atomic mass is 16.5. The maximum Gasteiger partial charge on any atom is 0.131 e. The fourth-order valence-corrected chi connectivity index (χ4v) is 2.82. The van der Waals surface area contributed by atoms with Crippen molar-refractivity contribution in [3.63, 3.8) is 0 Å². The van der Waals surface area contributed by atoms with Crippen LogP contribution in [0.25, 0.3) is 0 Å². The minimum Gasteiger partial charge on any atom is -0.497 e. The molecule has 0 amide bonds. The van der Waals surface area contributed by atoms with Gasteiger partial charge < -0.3 is 20.5 Å². The highest BCUT2D eigenvalue weighted by molar-refractivity contribution is 5.51. The van der Waals surface area contributed by atoms with Gasteiger partial charge in [0.15, 0.2) is 0 Å². The van der Waals surface area contributed by atoms with Crippen LogP contribution in [0.2, 0.25) is 0 Å². The van der Waals surface area contributed by atoms with E-state index in [1.54, 1.807) is 7.11 Å². The van der Waals surface area contributed by atoms with E-state index in [2.05, 4.69) is 21.7 Å². The number of hydrogen-bond donors (Lipinski definition) is 3. The van der Waals surface area contributed by atoms with E-state index in [1.807, 2.05) is 36.5 Å². The lowest BCUT2D eigenvalue weighted by molar-refractivity contribution is 0.281. The molecule has 1 fully saturated rings. The van der Waals surface area contributed by atoms with E-state index in [4.69, 9.17) is 9.84 Å². The summed E-state index contributed by atoms with van der Waals surface area (Å²) in [6.07, 6.45) is 3.97. The van der Waals surface area contributed by atoms with Gasteiger partial charge in [-0.05, 0) is 36.6 Å². The first kappa shape index (κ1) is 15.8. The van der Waals surface area contributed by atoms with Crippen LogP contribution in [-0.2, 0) is 12.1 Å². The normalized spacial score (nSPS) is 15.2. The lowest BCUT2D eigenvalue weighted by Gasteiger charge is -2.20. The van der Waals surface area contributed by atoms with Gasteiger partial charge in [0.05, 0.1) is 13.7 Å². The van der Waals surface area contributed by atoms with E-state index < -0.39 is 0 Å². The largest absolute Gasteiger partial charge is 0.497 e. The number of hydrogen-bond acceptors (Lipinski definition) is 5. The van der Waals surface area contributed by atoms with Gasteiger partial charge in [0, 0.05) is 30.4 Å².